The summed E-state index contributed by atoms with van der Waals surface area (Å²) in [6.07, 6.45) is 5.97. The number of ether oxygens (including phenoxy) is 1. The number of carbonyl (C=O) groups excluding carboxylic acids is 1. The van der Waals surface area contributed by atoms with Gasteiger partial charge in [-0.3, -0.25) is 4.99 Å². The SMILES string of the molecule is O=C(OCCNC1=NCCCN1)C(O)(c1ccccc1)C1CCCCC1. The van der Waals surface area contributed by atoms with E-state index in [4.69, 9.17) is 4.74 Å². The maximum absolute atomic E-state index is 12.9. The van der Waals surface area contributed by atoms with Crippen LogP contribution >= 0.6 is 0 Å². The van der Waals surface area contributed by atoms with Gasteiger partial charge < -0.3 is 20.5 Å². The van der Waals surface area contributed by atoms with Gasteiger partial charge in [0.25, 0.3) is 0 Å². The van der Waals surface area contributed by atoms with Gasteiger partial charge in [0.1, 0.15) is 6.61 Å². The molecular weight excluding hydrogens is 330 g/mol. The lowest BCUT2D eigenvalue weighted by Gasteiger charge is -2.36. The number of hydrogen-bond donors (Lipinski definition) is 3. The van der Waals surface area contributed by atoms with Crippen molar-refractivity contribution < 1.29 is 14.6 Å². The van der Waals surface area contributed by atoms with Crippen LogP contribution in [0.2, 0.25) is 0 Å². The maximum Gasteiger partial charge on any atom is 0.343 e. The van der Waals surface area contributed by atoms with Crippen molar-refractivity contribution in [3.8, 4) is 0 Å². The smallest absolute Gasteiger partial charge is 0.343 e. The predicted octanol–water partition coefficient (Wildman–Crippen LogP) is 1.94. The van der Waals surface area contributed by atoms with Crippen molar-refractivity contribution in [1.82, 2.24) is 10.6 Å². The van der Waals surface area contributed by atoms with Crippen LogP contribution in [0.4, 0.5) is 0 Å². The first-order chi connectivity index (χ1) is 12.7. The Kier molecular flexibility index (Phi) is 6.50. The number of aliphatic imine (C=N–C) groups is 1. The quantitative estimate of drug-likeness (QED) is 0.534. The number of aliphatic hydroxyl groups is 1. The van der Waals surface area contributed by atoms with Crippen molar-refractivity contribution in [3.63, 3.8) is 0 Å². The van der Waals surface area contributed by atoms with Gasteiger partial charge in [-0.1, -0.05) is 49.6 Å². The van der Waals surface area contributed by atoms with E-state index in [0.29, 0.717) is 12.1 Å². The van der Waals surface area contributed by atoms with Gasteiger partial charge in [0.05, 0.1) is 6.54 Å². The van der Waals surface area contributed by atoms with Gasteiger partial charge in [0.15, 0.2) is 11.6 Å². The zero-order valence-electron chi connectivity index (χ0n) is 15.2. The third kappa shape index (κ3) is 4.36. The molecule has 6 heteroatoms. The average molecular weight is 359 g/mol. The van der Waals surface area contributed by atoms with Crippen LogP contribution in [-0.2, 0) is 15.1 Å². The second-order valence-corrected chi connectivity index (χ2v) is 7.04. The molecule has 0 spiro atoms. The molecule has 1 fully saturated rings. The van der Waals surface area contributed by atoms with Crippen LogP contribution in [0.15, 0.2) is 35.3 Å². The van der Waals surface area contributed by atoms with Gasteiger partial charge in [-0.25, -0.2) is 4.79 Å². The van der Waals surface area contributed by atoms with Crippen LogP contribution in [0.3, 0.4) is 0 Å². The summed E-state index contributed by atoms with van der Waals surface area (Å²) in [6.45, 7) is 2.38. The van der Waals surface area contributed by atoms with E-state index in [0.717, 1.165) is 57.6 Å². The Morgan fingerprint density at radius 2 is 2.00 bits per heavy atom. The Morgan fingerprint density at radius 1 is 1.23 bits per heavy atom. The van der Waals surface area contributed by atoms with Gasteiger partial charge in [0.2, 0.25) is 0 Å². The maximum atomic E-state index is 12.9. The highest BCUT2D eigenvalue weighted by Gasteiger charge is 2.47. The lowest BCUT2D eigenvalue weighted by Crippen LogP contribution is -2.46. The minimum atomic E-state index is -1.57. The lowest BCUT2D eigenvalue weighted by atomic mass is 9.73. The fourth-order valence-corrected chi connectivity index (χ4v) is 3.81. The molecule has 1 saturated carbocycles. The molecule has 1 aromatic rings. The van der Waals surface area contributed by atoms with Crippen molar-refractivity contribution in [3.05, 3.63) is 35.9 Å². The molecule has 6 nitrogen and oxygen atoms in total. The molecule has 3 rings (SSSR count). The summed E-state index contributed by atoms with van der Waals surface area (Å²) < 4.78 is 5.47. The zero-order chi connectivity index (χ0) is 18.2. The summed E-state index contributed by atoms with van der Waals surface area (Å²) in [6, 6.07) is 9.22. The van der Waals surface area contributed by atoms with E-state index in [9.17, 15) is 9.90 Å². The number of rotatable bonds is 6. The molecule has 1 aliphatic heterocycles. The molecule has 0 saturated heterocycles. The molecule has 1 unspecified atom stereocenters. The lowest BCUT2D eigenvalue weighted by molar-refractivity contribution is -0.175. The summed E-state index contributed by atoms with van der Waals surface area (Å²) in [5, 5.41) is 17.7. The molecule has 3 N–H and O–H groups in total. The fraction of sp³-hybridized carbons (Fsp3) is 0.600. The zero-order valence-corrected chi connectivity index (χ0v) is 15.2. The van der Waals surface area contributed by atoms with Crippen molar-refractivity contribution in [2.75, 3.05) is 26.2 Å². The molecule has 2 aliphatic rings. The third-order valence-corrected chi connectivity index (χ3v) is 5.25. The Labute approximate surface area is 155 Å². The molecule has 0 radical (unpaired) electrons. The number of esters is 1. The van der Waals surface area contributed by atoms with Crippen molar-refractivity contribution in [2.45, 2.75) is 44.1 Å². The van der Waals surface area contributed by atoms with Crippen LogP contribution in [0.5, 0.6) is 0 Å². The summed E-state index contributed by atoms with van der Waals surface area (Å²) >= 11 is 0. The molecule has 1 aromatic carbocycles. The largest absolute Gasteiger partial charge is 0.461 e. The van der Waals surface area contributed by atoms with Gasteiger partial charge in [0, 0.05) is 19.0 Å². The summed E-state index contributed by atoms with van der Waals surface area (Å²) in [5.74, 6) is 0.109. The van der Waals surface area contributed by atoms with E-state index in [1.807, 2.05) is 30.3 Å². The highest BCUT2D eigenvalue weighted by Crippen LogP contribution is 2.40. The number of carbonyl (C=O) groups is 1. The normalized spacial score (nSPS) is 20.4. The molecule has 0 bridgehead atoms. The number of benzene rings is 1. The number of nitrogens with one attached hydrogen (secondary N) is 2. The molecule has 0 amide bonds. The van der Waals surface area contributed by atoms with Gasteiger partial charge >= 0.3 is 5.97 Å². The average Bonchev–Trinajstić information content (AvgIpc) is 2.72. The van der Waals surface area contributed by atoms with Gasteiger partial charge in [-0.2, -0.15) is 0 Å². The molecule has 142 valence electrons. The first-order valence-corrected chi connectivity index (χ1v) is 9.68. The van der Waals surface area contributed by atoms with E-state index in [2.05, 4.69) is 15.6 Å². The van der Waals surface area contributed by atoms with Crippen molar-refractivity contribution in [1.29, 1.82) is 0 Å². The molecular formula is C20H29N3O3. The van der Waals surface area contributed by atoms with Crippen LogP contribution in [0.25, 0.3) is 0 Å². The van der Waals surface area contributed by atoms with E-state index in [-0.39, 0.29) is 12.5 Å². The van der Waals surface area contributed by atoms with E-state index in [1.165, 1.54) is 0 Å². The van der Waals surface area contributed by atoms with Crippen molar-refractivity contribution >= 4 is 11.9 Å². The Balaban J connectivity index is 1.62. The topological polar surface area (TPSA) is 83.0 Å². The molecule has 1 heterocycles. The molecule has 1 aliphatic carbocycles. The number of nitrogens with zero attached hydrogens (tertiary/aromatic N) is 1. The summed E-state index contributed by atoms with van der Waals surface area (Å²) in [7, 11) is 0. The van der Waals surface area contributed by atoms with Crippen molar-refractivity contribution in [2.24, 2.45) is 10.9 Å². The van der Waals surface area contributed by atoms with Crippen LogP contribution in [0.1, 0.15) is 44.1 Å². The first-order valence-electron chi connectivity index (χ1n) is 9.68. The fourth-order valence-electron chi connectivity index (χ4n) is 3.81. The molecule has 26 heavy (non-hydrogen) atoms. The third-order valence-electron chi connectivity index (χ3n) is 5.25. The Morgan fingerprint density at radius 3 is 2.69 bits per heavy atom. The minimum absolute atomic E-state index is 0.0940. The van der Waals surface area contributed by atoms with Gasteiger partial charge in [-0.15, -0.1) is 0 Å². The summed E-state index contributed by atoms with van der Waals surface area (Å²) in [4.78, 5) is 17.2. The monoisotopic (exact) mass is 359 g/mol. The van der Waals surface area contributed by atoms with E-state index in [1.54, 1.807) is 0 Å². The second kappa shape index (κ2) is 9.03. The first kappa shape index (κ1) is 18.7. The molecule has 1 atom stereocenters. The van der Waals surface area contributed by atoms with Crippen LogP contribution in [-0.4, -0.2) is 43.3 Å². The van der Waals surface area contributed by atoms with Gasteiger partial charge in [-0.05, 0) is 24.8 Å². The van der Waals surface area contributed by atoms with Crippen LogP contribution < -0.4 is 10.6 Å². The predicted molar refractivity (Wildman–Crippen MR) is 101 cm³/mol. The van der Waals surface area contributed by atoms with E-state index >= 15 is 0 Å². The summed E-state index contributed by atoms with van der Waals surface area (Å²) in [5.41, 5.74) is -0.939. The highest BCUT2D eigenvalue weighted by atomic mass is 16.5. The standard InChI is InChI=1S/C20H29N3O3/c24-18(26-15-14-23-19-21-12-7-13-22-19)20(25,16-8-3-1-4-9-16)17-10-5-2-6-11-17/h1,3-4,8-9,17,25H,2,5-7,10-15H2,(H2,21,22,23). The number of hydrogen-bond acceptors (Lipinski definition) is 6. The Bertz CT molecular complexity index is 614. The minimum Gasteiger partial charge on any atom is -0.461 e. The highest BCUT2D eigenvalue weighted by molar-refractivity contribution is 5.82. The van der Waals surface area contributed by atoms with E-state index < -0.39 is 11.6 Å². The van der Waals surface area contributed by atoms with Crippen LogP contribution in [0, 0.1) is 5.92 Å². The second-order valence-electron chi connectivity index (χ2n) is 7.04. The Hall–Kier alpha value is -2.08. The molecule has 0 aromatic heterocycles. The number of guanidine groups is 1.